The first-order valence-corrected chi connectivity index (χ1v) is 11.2. The van der Waals surface area contributed by atoms with Gasteiger partial charge >= 0.3 is 0 Å². The number of rotatable bonds is 7. The van der Waals surface area contributed by atoms with E-state index in [1.54, 1.807) is 42.5 Å². The van der Waals surface area contributed by atoms with Crippen molar-refractivity contribution in [1.29, 1.82) is 0 Å². The molecule has 0 unspecified atom stereocenters. The molecule has 8 heteroatoms. The van der Waals surface area contributed by atoms with E-state index in [1.165, 1.54) is 0 Å². The topological polar surface area (TPSA) is 101 Å². The SMILES string of the molecule is Cc1ccc(S(=O)(=O)NCCNC(=O)c2ccc3noc(-c4ccccc4)c3c2)cc1. The Morgan fingerprint density at radius 3 is 2.45 bits per heavy atom. The monoisotopic (exact) mass is 435 g/mol. The van der Waals surface area contributed by atoms with Crippen LogP contribution in [0.5, 0.6) is 0 Å². The minimum atomic E-state index is -3.62. The second-order valence-electron chi connectivity index (χ2n) is 7.08. The molecule has 31 heavy (non-hydrogen) atoms. The predicted molar refractivity (Wildman–Crippen MR) is 118 cm³/mol. The van der Waals surface area contributed by atoms with Crippen molar-refractivity contribution in [3.63, 3.8) is 0 Å². The Morgan fingerprint density at radius 2 is 1.71 bits per heavy atom. The Labute approximate surface area is 180 Å². The third-order valence-electron chi connectivity index (χ3n) is 4.81. The van der Waals surface area contributed by atoms with E-state index < -0.39 is 10.0 Å². The third kappa shape index (κ3) is 4.65. The second-order valence-corrected chi connectivity index (χ2v) is 8.84. The summed E-state index contributed by atoms with van der Waals surface area (Å²) in [6.07, 6.45) is 0. The van der Waals surface area contributed by atoms with Crippen molar-refractivity contribution in [1.82, 2.24) is 15.2 Å². The van der Waals surface area contributed by atoms with Crippen LogP contribution in [0.3, 0.4) is 0 Å². The molecule has 4 aromatic rings. The van der Waals surface area contributed by atoms with Crippen LogP contribution >= 0.6 is 0 Å². The maximum Gasteiger partial charge on any atom is 0.251 e. The van der Waals surface area contributed by atoms with E-state index in [2.05, 4.69) is 15.2 Å². The highest BCUT2D eigenvalue weighted by molar-refractivity contribution is 7.89. The van der Waals surface area contributed by atoms with Gasteiger partial charge in [-0.15, -0.1) is 0 Å². The average Bonchev–Trinajstić information content (AvgIpc) is 3.21. The first kappa shape index (κ1) is 20.8. The molecule has 0 radical (unpaired) electrons. The summed E-state index contributed by atoms with van der Waals surface area (Å²) in [6, 6.07) is 21.2. The summed E-state index contributed by atoms with van der Waals surface area (Å²) in [6.45, 7) is 2.11. The number of carbonyl (C=O) groups is 1. The van der Waals surface area contributed by atoms with Crippen LogP contribution in [0.4, 0.5) is 0 Å². The Kier molecular flexibility index (Phi) is 5.83. The van der Waals surface area contributed by atoms with Gasteiger partial charge < -0.3 is 9.84 Å². The van der Waals surface area contributed by atoms with Crippen molar-refractivity contribution in [3.05, 3.63) is 83.9 Å². The van der Waals surface area contributed by atoms with Gasteiger partial charge in [-0.3, -0.25) is 4.79 Å². The molecule has 2 N–H and O–H groups in total. The van der Waals surface area contributed by atoms with E-state index in [-0.39, 0.29) is 23.9 Å². The minimum Gasteiger partial charge on any atom is -0.355 e. The quantitative estimate of drug-likeness (QED) is 0.433. The van der Waals surface area contributed by atoms with Crippen molar-refractivity contribution in [2.45, 2.75) is 11.8 Å². The third-order valence-corrected chi connectivity index (χ3v) is 6.29. The first-order chi connectivity index (χ1) is 14.9. The van der Waals surface area contributed by atoms with Crippen LogP contribution in [0.25, 0.3) is 22.2 Å². The Hall–Kier alpha value is -3.49. The Balaban J connectivity index is 1.40. The number of carbonyl (C=O) groups excluding carboxylic acids is 1. The molecule has 0 saturated carbocycles. The molecule has 0 saturated heterocycles. The smallest absolute Gasteiger partial charge is 0.251 e. The van der Waals surface area contributed by atoms with Crippen molar-refractivity contribution < 1.29 is 17.7 Å². The summed E-state index contributed by atoms with van der Waals surface area (Å²) in [7, 11) is -3.62. The summed E-state index contributed by atoms with van der Waals surface area (Å²) in [5.41, 5.74) is 2.94. The number of nitrogens with one attached hydrogen (secondary N) is 2. The zero-order valence-corrected chi connectivity index (χ0v) is 17.6. The van der Waals surface area contributed by atoms with Gasteiger partial charge in [0, 0.05) is 24.2 Å². The van der Waals surface area contributed by atoms with E-state index >= 15 is 0 Å². The zero-order chi connectivity index (χ0) is 21.8. The lowest BCUT2D eigenvalue weighted by Gasteiger charge is -2.08. The standard InChI is InChI=1S/C23H21N3O4S/c1-16-7-10-19(11-8-16)31(28,29)25-14-13-24-23(27)18-9-12-21-20(15-18)22(30-26-21)17-5-3-2-4-6-17/h2-12,15,25H,13-14H2,1H3,(H,24,27). The number of hydrogen-bond donors (Lipinski definition) is 2. The fourth-order valence-electron chi connectivity index (χ4n) is 3.14. The number of aryl methyl sites for hydroxylation is 1. The van der Waals surface area contributed by atoms with Crippen molar-refractivity contribution in [3.8, 4) is 11.3 Å². The summed E-state index contributed by atoms with van der Waals surface area (Å²) in [4.78, 5) is 12.7. The summed E-state index contributed by atoms with van der Waals surface area (Å²) in [5, 5.41) is 7.52. The van der Waals surface area contributed by atoms with Crippen molar-refractivity contribution in [2.24, 2.45) is 0 Å². The number of hydrogen-bond acceptors (Lipinski definition) is 5. The van der Waals surface area contributed by atoms with E-state index in [1.807, 2.05) is 37.3 Å². The van der Waals surface area contributed by atoms with E-state index in [4.69, 9.17) is 4.52 Å². The maximum atomic E-state index is 12.6. The maximum absolute atomic E-state index is 12.6. The largest absolute Gasteiger partial charge is 0.355 e. The van der Waals surface area contributed by atoms with Gasteiger partial charge in [-0.05, 0) is 37.3 Å². The number of amides is 1. The summed E-state index contributed by atoms with van der Waals surface area (Å²) < 4.78 is 32.6. The normalized spacial score (nSPS) is 11.5. The molecular formula is C23H21N3O4S. The van der Waals surface area contributed by atoms with Gasteiger partial charge in [0.05, 0.1) is 10.3 Å². The fourth-order valence-corrected chi connectivity index (χ4v) is 4.18. The highest BCUT2D eigenvalue weighted by Gasteiger charge is 2.15. The van der Waals surface area contributed by atoms with Crippen LogP contribution in [-0.2, 0) is 10.0 Å². The lowest BCUT2D eigenvalue weighted by Crippen LogP contribution is -2.34. The Morgan fingerprint density at radius 1 is 0.968 bits per heavy atom. The molecule has 0 aliphatic carbocycles. The van der Waals surface area contributed by atoms with Crippen molar-refractivity contribution >= 4 is 26.8 Å². The van der Waals surface area contributed by atoms with E-state index in [9.17, 15) is 13.2 Å². The van der Waals surface area contributed by atoms with E-state index in [0.29, 0.717) is 16.8 Å². The molecule has 0 aliphatic heterocycles. The van der Waals surface area contributed by atoms with Gasteiger partial charge in [0.25, 0.3) is 5.91 Å². The molecule has 1 aromatic heterocycles. The molecule has 7 nitrogen and oxygen atoms in total. The van der Waals surface area contributed by atoms with Gasteiger partial charge in [0.2, 0.25) is 10.0 Å². The molecule has 0 atom stereocenters. The number of sulfonamides is 1. The van der Waals surface area contributed by atoms with Crippen LogP contribution in [0.1, 0.15) is 15.9 Å². The lowest BCUT2D eigenvalue weighted by atomic mass is 10.1. The fraction of sp³-hybridized carbons (Fsp3) is 0.130. The molecule has 0 bridgehead atoms. The van der Waals surface area contributed by atoms with Crippen LogP contribution in [0.2, 0.25) is 0 Å². The molecule has 1 amide bonds. The minimum absolute atomic E-state index is 0.0761. The van der Waals surface area contributed by atoms with Gasteiger partial charge in [0.1, 0.15) is 5.52 Å². The molecule has 0 aliphatic rings. The predicted octanol–water partition coefficient (Wildman–Crippen LogP) is 3.51. The number of fused-ring (bicyclic) bond motifs is 1. The van der Waals surface area contributed by atoms with Crippen LogP contribution in [-0.4, -0.2) is 32.6 Å². The molecular weight excluding hydrogens is 414 g/mol. The van der Waals surface area contributed by atoms with Gasteiger partial charge in [-0.2, -0.15) is 0 Å². The molecule has 4 rings (SSSR count). The summed E-state index contributed by atoms with van der Waals surface area (Å²) >= 11 is 0. The number of benzene rings is 3. The van der Waals surface area contributed by atoms with Crippen LogP contribution in [0, 0.1) is 6.92 Å². The molecule has 0 fully saturated rings. The average molecular weight is 436 g/mol. The van der Waals surface area contributed by atoms with Gasteiger partial charge in [-0.25, -0.2) is 13.1 Å². The first-order valence-electron chi connectivity index (χ1n) is 9.73. The van der Waals surface area contributed by atoms with Gasteiger partial charge in [-0.1, -0.05) is 53.2 Å². The van der Waals surface area contributed by atoms with Crippen LogP contribution < -0.4 is 10.0 Å². The second kappa shape index (κ2) is 8.71. The van der Waals surface area contributed by atoms with Crippen LogP contribution in [0.15, 0.2) is 82.2 Å². The van der Waals surface area contributed by atoms with Crippen molar-refractivity contribution in [2.75, 3.05) is 13.1 Å². The van der Waals surface area contributed by atoms with E-state index in [0.717, 1.165) is 16.5 Å². The highest BCUT2D eigenvalue weighted by atomic mass is 32.2. The molecule has 0 spiro atoms. The molecule has 1 heterocycles. The summed E-state index contributed by atoms with van der Waals surface area (Å²) in [5.74, 6) is 0.285. The molecule has 3 aromatic carbocycles. The molecule has 158 valence electrons. The zero-order valence-electron chi connectivity index (χ0n) is 16.8. The number of aromatic nitrogens is 1. The Bertz CT molecular complexity index is 1310. The lowest BCUT2D eigenvalue weighted by molar-refractivity contribution is 0.0954. The number of nitrogens with zero attached hydrogens (tertiary/aromatic N) is 1. The van der Waals surface area contributed by atoms with Gasteiger partial charge in [0.15, 0.2) is 5.76 Å². The highest BCUT2D eigenvalue weighted by Crippen LogP contribution is 2.29.